The average molecular weight is 211 g/mol. The van der Waals surface area contributed by atoms with Crippen LogP contribution in [0.3, 0.4) is 0 Å². The fourth-order valence-corrected chi connectivity index (χ4v) is 1.21. The third-order valence-corrected chi connectivity index (χ3v) is 2.18. The molecule has 1 aromatic heterocycles. The molecule has 0 radical (unpaired) electrons. The van der Waals surface area contributed by atoms with Gasteiger partial charge in [0.1, 0.15) is 6.10 Å². The molecule has 3 N–H and O–H groups in total. The molecule has 15 heavy (non-hydrogen) atoms. The highest BCUT2D eigenvalue weighted by molar-refractivity contribution is 5.08. The molecule has 0 fully saturated rings. The van der Waals surface area contributed by atoms with Crippen LogP contribution < -0.4 is 5.32 Å². The Morgan fingerprint density at radius 1 is 1.33 bits per heavy atom. The van der Waals surface area contributed by atoms with Gasteiger partial charge in [-0.2, -0.15) is 10.2 Å². The lowest BCUT2D eigenvalue weighted by Crippen LogP contribution is -2.24. The zero-order chi connectivity index (χ0) is 11.3. The molecule has 0 saturated carbocycles. The Kier molecular flexibility index (Phi) is 4.61. The summed E-state index contributed by atoms with van der Waals surface area (Å²) in [5, 5.41) is 29.9. The second kappa shape index (κ2) is 5.75. The highest BCUT2D eigenvalue weighted by Gasteiger charge is 2.19. The van der Waals surface area contributed by atoms with Gasteiger partial charge < -0.3 is 15.5 Å². The van der Waals surface area contributed by atoms with Crippen LogP contribution in [0, 0.1) is 6.92 Å². The van der Waals surface area contributed by atoms with E-state index < -0.39 is 12.2 Å². The fourth-order valence-electron chi connectivity index (χ4n) is 1.21. The molecule has 0 aliphatic heterocycles. The van der Waals surface area contributed by atoms with Crippen molar-refractivity contribution < 1.29 is 10.2 Å². The number of nitrogens with zero attached hydrogens (tertiary/aromatic N) is 2. The molecule has 5 heteroatoms. The second-order valence-electron chi connectivity index (χ2n) is 3.50. The van der Waals surface area contributed by atoms with Crippen LogP contribution in [-0.4, -0.2) is 40.1 Å². The molecule has 2 unspecified atom stereocenters. The standard InChI is InChI=1S/C10H17N3O2/c1-7-3-4-8(13-12-7)10(15)9(14)5-6-11-2/h3-4,9-11,14-15H,5-6H2,1-2H3. The van der Waals surface area contributed by atoms with Crippen LogP contribution >= 0.6 is 0 Å². The van der Waals surface area contributed by atoms with E-state index in [1.54, 1.807) is 19.2 Å². The van der Waals surface area contributed by atoms with Crippen molar-refractivity contribution in [2.45, 2.75) is 25.6 Å². The van der Waals surface area contributed by atoms with Crippen molar-refractivity contribution >= 4 is 0 Å². The van der Waals surface area contributed by atoms with Crippen molar-refractivity contribution in [2.75, 3.05) is 13.6 Å². The topological polar surface area (TPSA) is 78.3 Å². The van der Waals surface area contributed by atoms with Gasteiger partial charge in [0, 0.05) is 0 Å². The summed E-state index contributed by atoms with van der Waals surface area (Å²) in [6.45, 7) is 2.47. The minimum atomic E-state index is -0.966. The number of hydrogen-bond acceptors (Lipinski definition) is 5. The van der Waals surface area contributed by atoms with Gasteiger partial charge in [-0.15, -0.1) is 0 Å². The summed E-state index contributed by atoms with van der Waals surface area (Å²) in [6.07, 6.45) is -1.30. The zero-order valence-corrected chi connectivity index (χ0v) is 9.01. The van der Waals surface area contributed by atoms with Crippen LogP contribution in [0.25, 0.3) is 0 Å². The summed E-state index contributed by atoms with van der Waals surface area (Å²) in [7, 11) is 1.80. The molecule has 0 aromatic carbocycles. The van der Waals surface area contributed by atoms with E-state index in [4.69, 9.17) is 0 Å². The molecule has 0 saturated heterocycles. The first-order valence-corrected chi connectivity index (χ1v) is 4.96. The summed E-state index contributed by atoms with van der Waals surface area (Å²) < 4.78 is 0. The normalized spacial score (nSPS) is 14.9. The number of nitrogens with one attached hydrogen (secondary N) is 1. The van der Waals surface area contributed by atoms with Crippen LogP contribution in [-0.2, 0) is 0 Å². The minimum absolute atomic E-state index is 0.407. The maximum atomic E-state index is 9.73. The predicted octanol–water partition coefficient (Wildman–Crippen LogP) is -0.211. The lowest BCUT2D eigenvalue weighted by Gasteiger charge is -2.16. The van der Waals surface area contributed by atoms with Gasteiger partial charge in [0.25, 0.3) is 0 Å². The van der Waals surface area contributed by atoms with Gasteiger partial charge in [-0.25, -0.2) is 0 Å². The molecule has 0 amide bonds. The van der Waals surface area contributed by atoms with E-state index in [-0.39, 0.29) is 0 Å². The molecule has 0 aliphatic carbocycles. The molecular formula is C10H17N3O2. The van der Waals surface area contributed by atoms with Crippen LogP contribution in [0.15, 0.2) is 12.1 Å². The smallest absolute Gasteiger partial charge is 0.124 e. The van der Waals surface area contributed by atoms with Crippen LogP contribution in [0.5, 0.6) is 0 Å². The van der Waals surface area contributed by atoms with Crippen LogP contribution in [0.1, 0.15) is 23.9 Å². The Bertz CT molecular complexity index is 289. The van der Waals surface area contributed by atoms with E-state index in [2.05, 4.69) is 15.5 Å². The number of aliphatic hydroxyl groups excluding tert-OH is 2. The van der Waals surface area contributed by atoms with Gasteiger partial charge >= 0.3 is 0 Å². The average Bonchev–Trinajstić information content (AvgIpc) is 2.26. The van der Waals surface area contributed by atoms with Gasteiger partial charge in [0.2, 0.25) is 0 Å². The van der Waals surface area contributed by atoms with E-state index in [9.17, 15) is 10.2 Å². The van der Waals surface area contributed by atoms with Crippen molar-refractivity contribution in [3.8, 4) is 0 Å². The highest BCUT2D eigenvalue weighted by Crippen LogP contribution is 2.15. The van der Waals surface area contributed by atoms with Gasteiger partial charge in [-0.05, 0) is 39.1 Å². The fraction of sp³-hybridized carbons (Fsp3) is 0.600. The Morgan fingerprint density at radius 2 is 2.07 bits per heavy atom. The molecule has 84 valence electrons. The van der Waals surface area contributed by atoms with Gasteiger partial charge in [-0.1, -0.05) is 0 Å². The van der Waals surface area contributed by atoms with E-state index >= 15 is 0 Å². The Balaban J connectivity index is 2.59. The molecule has 0 bridgehead atoms. The number of hydrogen-bond donors (Lipinski definition) is 3. The summed E-state index contributed by atoms with van der Waals surface area (Å²) >= 11 is 0. The number of aryl methyl sites for hydroxylation is 1. The summed E-state index contributed by atoms with van der Waals surface area (Å²) in [5.41, 5.74) is 1.19. The van der Waals surface area contributed by atoms with E-state index in [0.29, 0.717) is 18.7 Å². The van der Waals surface area contributed by atoms with Crippen molar-refractivity contribution in [1.82, 2.24) is 15.5 Å². The first-order valence-electron chi connectivity index (χ1n) is 4.96. The van der Waals surface area contributed by atoms with E-state index in [1.165, 1.54) is 0 Å². The van der Waals surface area contributed by atoms with Crippen molar-refractivity contribution in [3.05, 3.63) is 23.5 Å². The van der Waals surface area contributed by atoms with Crippen LogP contribution in [0.2, 0.25) is 0 Å². The largest absolute Gasteiger partial charge is 0.390 e. The summed E-state index contributed by atoms with van der Waals surface area (Å²) in [5.74, 6) is 0. The Hall–Kier alpha value is -1.04. The highest BCUT2D eigenvalue weighted by atomic mass is 16.3. The Labute approximate surface area is 89.2 Å². The number of aromatic nitrogens is 2. The van der Waals surface area contributed by atoms with Crippen molar-refractivity contribution in [3.63, 3.8) is 0 Å². The van der Waals surface area contributed by atoms with Crippen molar-refractivity contribution in [2.24, 2.45) is 0 Å². The first kappa shape index (κ1) is 12.0. The monoisotopic (exact) mass is 211 g/mol. The molecule has 1 rings (SSSR count). The molecule has 0 aliphatic rings. The maximum absolute atomic E-state index is 9.73. The lowest BCUT2D eigenvalue weighted by molar-refractivity contribution is 0.0110. The molecule has 0 spiro atoms. The predicted molar refractivity (Wildman–Crippen MR) is 56.3 cm³/mol. The van der Waals surface area contributed by atoms with E-state index in [0.717, 1.165) is 5.69 Å². The maximum Gasteiger partial charge on any atom is 0.124 e. The zero-order valence-electron chi connectivity index (χ0n) is 9.01. The summed E-state index contributed by atoms with van der Waals surface area (Å²) in [6, 6.07) is 3.44. The van der Waals surface area contributed by atoms with E-state index in [1.807, 2.05) is 6.92 Å². The number of rotatable bonds is 5. The minimum Gasteiger partial charge on any atom is -0.390 e. The number of aliphatic hydroxyl groups is 2. The third kappa shape index (κ3) is 3.54. The molecule has 1 aromatic rings. The van der Waals surface area contributed by atoms with Gasteiger partial charge in [0.05, 0.1) is 17.5 Å². The van der Waals surface area contributed by atoms with Crippen LogP contribution in [0.4, 0.5) is 0 Å². The lowest BCUT2D eigenvalue weighted by atomic mass is 10.1. The Morgan fingerprint density at radius 3 is 2.60 bits per heavy atom. The molecule has 2 atom stereocenters. The third-order valence-electron chi connectivity index (χ3n) is 2.18. The molecule has 5 nitrogen and oxygen atoms in total. The molecular weight excluding hydrogens is 194 g/mol. The molecule has 1 heterocycles. The second-order valence-corrected chi connectivity index (χ2v) is 3.50. The van der Waals surface area contributed by atoms with Crippen molar-refractivity contribution in [1.29, 1.82) is 0 Å². The van der Waals surface area contributed by atoms with Gasteiger partial charge in [-0.3, -0.25) is 0 Å². The quantitative estimate of drug-likeness (QED) is 0.628. The SMILES string of the molecule is CNCCC(O)C(O)c1ccc(C)nn1. The summed E-state index contributed by atoms with van der Waals surface area (Å²) in [4.78, 5) is 0. The first-order chi connectivity index (χ1) is 7.15. The van der Waals surface area contributed by atoms with Gasteiger partial charge in [0.15, 0.2) is 0 Å².